The molecule has 0 amide bonds. The first-order valence-electron chi connectivity index (χ1n) is 7.04. The molecule has 2 rings (SSSR count). The molecule has 0 radical (unpaired) electrons. The molecule has 0 unspecified atom stereocenters. The van der Waals surface area contributed by atoms with E-state index < -0.39 is 0 Å². The van der Waals surface area contributed by atoms with Crippen LogP contribution in [0.1, 0.15) is 43.7 Å². The molecule has 2 nitrogen and oxygen atoms in total. The van der Waals surface area contributed by atoms with Crippen LogP contribution < -0.4 is 0 Å². The quantitative estimate of drug-likeness (QED) is 0.743. The Kier molecular flexibility index (Phi) is 4.94. The largest absolute Gasteiger partial charge is 0.300 e. The first-order chi connectivity index (χ1) is 8.75. The average molecular weight is 245 g/mol. The number of Topliss-reactive ketones (excluding diaryl/α,β-unsaturated/α-hetero) is 1. The SMILES string of the molecule is CC(=O)CCCCN1CCCc2ccccc2C1. The fourth-order valence-corrected chi connectivity index (χ4v) is 2.67. The molecule has 98 valence electrons. The average Bonchev–Trinajstić information content (AvgIpc) is 2.56. The number of hydrogen-bond donors (Lipinski definition) is 0. The summed E-state index contributed by atoms with van der Waals surface area (Å²) in [5, 5.41) is 0. The number of nitrogens with zero attached hydrogens (tertiary/aromatic N) is 1. The molecule has 1 aromatic carbocycles. The predicted octanol–water partition coefficient (Wildman–Crippen LogP) is 3.19. The van der Waals surface area contributed by atoms with Gasteiger partial charge in [-0.15, -0.1) is 0 Å². The molecule has 0 fully saturated rings. The number of benzene rings is 1. The Hall–Kier alpha value is -1.15. The molecule has 1 aliphatic rings. The Labute approximate surface area is 110 Å². The number of unbranched alkanes of at least 4 members (excludes halogenated alkanes) is 1. The van der Waals surface area contributed by atoms with Crippen LogP contribution in [-0.2, 0) is 17.8 Å². The summed E-state index contributed by atoms with van der Waals surface area (Å²) in [6, 6.07) is 8.79. The van der Waals surface area contributed by atoms with Crippen molar-refractivity contribution in [2.24, 2.45) is 0 Å². The minimum absolute atomic E-state index is 0.316. The fourth-order valence-electron chi connectivity index (χ4n) is 2.67. The molecule has 0 saturated heterocycles. The lowest BCUT2D eigenvalue weighted by Gasteiger charge is -2.20. The molecule has 18 heavy (non-hydrogen) atoms. The first kappa shape index (κ1) is 13.3. The van der Waals surface area contributed by atoms with Crippen LogP contribution in [0.5, 0.6) is 0 Å². The number of rotatable bonds is 5. The highest BCUT2D eigenvalue weighted by Gasteiger charge is 2.13. The Morgan fingerprint density at radius 2 is 2.00 bits per heavy atom. The van der Waals surface area contributed by atoms with Gasteiger partial charge >= 0.3 is 0 Å². The highest BCUT2D eigenvalue weighted by atomic mass is 16.1. The third-order valence-corrected chi connectivity index (χ3v) is 3.69. The zero-order chi connectivity index (χ0) is 12.8. The van der Waals surface area contributed by atoms with Crippen LogP contribution >= 0.6 is 0 Å². The Morgan fingerprint density at radius 3 is 2.78 bits per heavy atom. The van der Waals surface area contributed by atoms with Gasteiger partial charge in [0.25, 0.3) is 0 Å². The van der Waals surface area contributed by atoms with Gasteiger partial charge < -0.3 is 4.79 Å². The molecule has 1 aromatic rings. The van der Waals surface area contributed by atoms with Crippen LogP contribution in [0.15, 0.2) is 24.3 Å². The van der Waals surface area contributed by atoms with E-state index in [4.69, 9.17) is 0 Å². The van der Waals surface area contributed by atoms with Crippen LogP contribution in [0.3, 0.4) is 0 Å². The second-order valence-corrected chi connectivity index (χ2v) is 5.31. The van der Waals surface area contributed by atoms with E-state index in [1.54, 1.807) is 6.92 Å². The summed E-state index contributed by atoms with van der Waals surface area (Å²) < 4.78 is 0. The number of hydrogen-bond acceptors (Lipinski definition) is 2. The van der Waals surface area contributed by atoms with Gasteiger partial charge in [-0.3, -0.25) is 4.90 Å². The summed E-state index contributed by atoms with van der Waals surface area (Å²) >= 11 is 0. The topological polar surface area (TPSA) is 20.3 Å². The van der Waals surface area contributed by atoms with E-state index in [0.717, 1.165) is 32.4 Å². The third-order valence-electron chi connectivity index (χ3n) is 3.69. The highest BCUT2D eigenvalue weighted by Crippen LogP contribution is 2.18. The van der Waals surface area contributed by atoms with Crippen LogP contribution in [0.4, 0.5) is 0 Å². The van der Waals surface area contributed by atoms with Gasteiger partial charge in [0.15, 0.2) is 0 Å². The van der Waals surface area contributed by atoms with E-state index in [9.17, 15) is 4.79 Å². The molecule has 0 spiro atoms. The molecule has 0 bridgehead atoms. The predicted molar refractivity (Wildman–Crippen MR) is 74.6 cm³/mol. The molecule has 1 heterocycles. The normalized spacial score (nSPS) is 16.1. The number of fused-ring (bicyclic) bond motifs is 1. The van der Waals surface area contributed by atoms with Crippen molar-refractivity contribution in [1.29, 1.82) is 0 Å². The summed E-state index contributed by atoms with van der Waals surface area (Å²) in [6.45, 7) is 5.08. The maximum atomic E-state index is 10.9. The van der Waals surface area contributed by atoms with E-state index in [-0.39, 0.29) is 0 Å². The highest BCUT2D eigenvalue weighted by molar-refractivity contribution is 5.75. The van der Waals surface area contributed by atoms with Gasteiger partial charge in [-0.2, -0.15) is 0 Å². The lowest BCUT2D eigenvalue weighted by atomic mass is 10.0. The second-order valence-electron chi connectivity index (χ2n) is 5.31. The van der Waals surface area contributed by atoms with Gasteiger partial charge in [0.2, 0.25) is 0 Å². The molecular formula is C16H23NO. The number of carbonyl (C=O) groups excluding carboxylic acids is 1. The zero-order valence-corrected chi connectivity index (χ0v) is 11.3. The van der Waals surface area contributed by atoms with Gasteiger partial charge in [0.05, 0.1) is 0 Å². The molecule has 0 aliphatic carbocycles. The van der Waals surface area contributed by atoms with Crippen LogP contribution in [0.2, 0.25) is 0 Å². The van der Waals surface area contributed by atoms with Crippen LogP contribution in [0.25, 0.3) is 0 Å². The van der Waals surface area contributed by atoms with Crippen molar-refractivity contribution in [3.63, 3.8) is 0 Å². The van der Waals surface area contributed by atoms with Crippen LogP contribution in [0, 0.1) is 0 Å². The third kappa shape index (κ3) is 3.95. The van der Waals surface area contributed by atoms with Crippen molar-refractivity contribution in [1.82, 2.24) is 4.90 Å². The molecular weight excluding hydrogens is 222 g/mol. The maximum absolute atomic E-state index is 10.9. The minimum Gasteiger partial charge on any atom is -0.300 e. The van der Waals surface area contributed by atoms with Gasteiger partial charge in [-0.05, 0) is 56.8 Å². The zero-order valence-electron chi connectivity index (χ0n) is 11.3. The molecule has 0 atom stereocenters. The number of aryl methyl sites for hydroxylation is 1. The lowest BCUT2D eigenvalue weighted by Crippen LogP contribution is -2.24. The monoisotopic (exact) mass is 245 g/mol. The van der Waals surface area contributed by atoms with Crippen molar-refractivity contribution in [2.75, 3.05) is 13.1 Å². The summed E-state index contributed by atoms with van der Waals surface area (Å²) in [5.41, 5.74) is 3.00. The Bertz CT molecular complexity index is 400. The fraction of sp³-hybridized carbons (Fsp3) is 0.562. The van der Waals surface area contributed by atoms with Crippen molar-refractivity contribution in [3.05, 3.63) is 35.4 Å². The van der Waals surface area contributed by atoms with E-state index >= 15 is 0 Å². The van der Waals surface area contributed by atoms with Crippen molar-refractivity contribution in [3.8, 4) is 0 Å². The molecule has 0 saturated carbocycles. The van der Waals surface area contributed by atoms with Crippen molar-refractivity contribution in [2.45, 2.75) is 45.6 Å². The van der Waals surface area contributed by atoms with E-state index in [1.165, 1.54) is 30.5 Å². The molecule has 1 aliphatic heterocycles. The van der Waals surface area contributed by atoms with E-state index in [2.05, 4.69) is 29.2 Å². The first-order valence-corrected chi connectivity index (χ1v) is 7.04. The van der Waals surface area contributed by atoms with Crippen molar-refractivity contribution < 1.29 is 4.79 Å². The maximum Gasteiger partial charge on any atom is 0.129 e. The minimum atomic E-state index is 0.316. The molecule has 2 heteroatoms. The van der Waals surface area contributed by atoms with Crippen molar-refractivity contribution >= 4 is 5.78 Å². The standard InChI is InChI=1S/C16H23NO/c1-14(18)7-4-5-11-17-12-6-10-15-8-2-3-9-16(15)13-17/h2-3,8-9H,4-7,10-13H2,1H3. The van der Waals surface area contributed by atoms with E-state index in [0.29, 0.717) is 5.78 Å². The Balaban J connectivity index is 1.82. The number of carbonyl (C=O) groups is 1. The smallest absolute Gasteiger partial charge is 0.129 e. The van der Waals surface area contributed by atoms with Crippen LogP contribution in [-0.4, -0.2) is 23.8 Å². The second kappa shape index (κ2) is 6.69. The van der Waals surface area contributed by atoms with E-state index in [1.807, 2.05) is 0 Å². The summed E-state index contributed by atoms with van der Waals surface area (Å²) in [4.78, 5) is 13.4. The lowest BCUT2D eigenvalue weighted by molar-refractivity contribution is -0.117. The van der Waals surface area contributed by atoms with Gasteiger partial charge in [-0.25, -0.2) is 0 Å². The summed E-state index contributed by atoms with van der Waals surface area (Å²) in [7, 11) is 0. The Morgan fingerprint density at radius 1 is 1.22 bits per heavy atom. The molecule has 0 aromatic heterocycles. The van der Waals surface area contributed by atoms with Gasteiger partial charge in [0.1, 0.15) is 5.78 Å². The summed E-state index contributed by atoms with van der Waals surface area (Å²) in [5.74, 6) is 0.316. The van der Waals surface area contributed by atoms with Gasteiger partial charge in [-0.1, -0.05) is 24.3 Å². The van der Waals surface area contributed by atoms with Gasteiger partial charge in [0, 0.05) is 13.0 Å². The number of ketones is 1. The summed E-state index contributed by atoms with van der Waals surface area (Å²) in [6.07, 6.45) is 5.38. The molecule has 0 N–H and O–H groups in total.